The van der Waals surface area contributed by atoms with E-state index in [9.17, 15) is 13.6 Å². The van der Waals surface area contributed by atoms with Gasteiger partial charge in [-0.15, -0.1) is 0 Å². The molecule has 0 bridgehead atoms. The lowest BCUT2D eigenvalue weighted by molar-refractivity contribution is 0.605. The molecule has 0 amide bonds. The summed E-state index contributed by atoms with van der Waals surface area (Å²) < 4.78 is 28.3. The van der Waals surface area contributed by atoms with Crippen LogP contribution in [0.3, 0.4) is 0 Å². The molecular formula is C11H9F2NO. The molecule has 0 saturated heterocycles. The van der Waals surface area contributed by atoms with Gasteiger partial charge in [-0.25, -0.2) is 8.78 Å². The molecule has 0 unspecified atom stereocenters. The lowest BCUT2D eigenvalue weighted by atomic mass is 10.2. The number of hydrogen-bond acceptors (Lipinski definition) is 1. The van der Waals surface area contributed by atoms with E-state index in [1.54, 1.807) is 6.92 Å². The van der Waals surface area contributed by atoms with Crippen molar-refractivity contribution in [3.8, 4) is 0 Å². The zero-order valence-electron chi connectivity index (χ0n) is 8.13. The summed E-state index contributed by atoms with van der Waals surface area (Å²) >= 11 is 0. The highest BCUT2D eigenvalue weighted by atomic mass is 19.1. The molecule has 0 radical (unpaired) electrons. The van der Waals surface area contributed by atoms with E-state index in [0.717, 1.165) is 12.1 Å². The smallest absolute Gasteiger partial charge is 0.192 e. The van der Waals surface area contributed by atoms with Gasteiger partial charge in [0.2, 0.25) is 0 Å². The Labute approximate surface area is 84.8 Å². The molecule has 2 nitrogen and oxygen atoms in total. The van der Waals surface area contributed by atoms with E-state index in [1.165, 1.54) is 16.8 Å². The normalized spacial score (nSPS) is 10.9. The molecule has 2 aromatic rings. The molecule has 2 rings (SSSR count). The Balaban J connectivity index is 3.06. The first kappa shape index (κ1) is 9.83. The molecule has 1 aromatic carbocycles. The second kappa shape index (κ2) is 3.46. The van der Waals surface area contributed by atoms with Gasteiger partial charge in [-0.2, -0.15) is 0 Å². The van der Waals surface area contributed by atoms with Crippen LogP contribution in [-0.4, -0.2) is 4.57 Å². The summed E-state index contributed by atoms with van der Waals surface area (Å²) in [5.74, 6) is -1.26. The fourth-order valence-corrected chi connectivity index (χ4v) is 1.64. The quantitative estimate of drug-likeness (QED) is 0.706. The maximum Gasteiger partial charge on any atom is 0.192 e. The van der Waals surface area contributed by atoms with Crippen LogP contribution in [0.15, 0.2) is 29.2 Å². The average Bonchev–Trinajstić information content (AvgIpc) is 2.23. The number of fused-ring (bicyclic) bond motifs is 1. The van der Waals surface area contributed by atoms with Gasteiger partial charge in [0.25, 0.3) is 0 Å². The summed E-state index contributed by atoms with van der Waals surface area (Å²) in [6.45, 7) is 2.28. The minimum Gasteiger partial charge on any atom is -0.345 e. The number of rotatable bonds is 1. The highest BCUT2D eigenvalue weighted by molar-refractivity contribution is 5.80. The molecule has 0 aliphatic rings. The minimum absolute atomic E-state index is 0.0324. The molecule has 78 valence electrons. The van der Waals surface area contributed by atoms with E-state index >= 15 is 0 Å². The molecule has 4 heteroatoms. The Morgan fingerprint density at radius 3 is 2.53 bits per heavy atom. The third-order valence-corrected chi connectivity index (χ3v) is 2.36. The fourth-order valence-electron chi connectivity index (χ4n) is 1.64. The van der Waals surface area contributed by atoms with Gasteiger partial charge in [0.15, 0.2) is 5.43 Å². The van der Waals surface area contributed by atoms with E-state index in [4.69, 9.17) is 0 Å². The van der Waals surface area contributed by atoms with Crippen molar-refractivity contribution in [1.82, 2.24) is 4.57 Å². The number of pyridine rings is 1. The average molecular weight is 209 g/mol. The van der Waals surface area contributed by atoms with Crippen molar-refractivity contribution in [2.75, 3.05) is 0 Å². The van der Waals surface area contributed by atoms with Gasteiger partial charge in [-0.3, -0.25) is 4.79 Å². The van der Waals surface area contributed by atoms with Crippen LogP contribution in [0, 0.1) is 11.6 Å². The van der Waals surface area contributed by atoms with E-state index in [0.29, 0.717) is 6.54 Å². The van der Waals surface area contributed by atoms with Crippen LogP contribution in [0.1, 0.15) is 6.92 Å². The molecule has 0 spiro atoms. The van der Waals surface area contributed by atoms with E-state index < -0.39 is 17.1 Å². The second-order valence-electron chi connectivity index (χ2n) is 3.22. The van der Waals surface area contributed by atoms with E-state index in [-0.39, 0.29) is 10.9 Å². The van der Waals surface area contributed by atoms with Crippen LogP contribution in [0.5, 0.6) is 0 Å². The van der Waals surface area contributed by atoms with Gasteiger partial charge in [0, 0.05) is 18.8 Å². The molecule has 1 aromatic heterocycles. The van der Waals surface area contributed by atoms with Crippen LogP contribution in [0.2, 0.25) is 0 Å². The second-order valence-corrected chi connectivity index (χ2v) is 3.22. The number of aromatic nitrogens is 1. The van der Waals surface area contributed by atoms with Crippen molar-refractivity contribution < 1.29 is 8.78 Å². The van der Waals surface area contributed by atoms with Crippen LogP contribution in [0.4, 0.5) is 8.78 Å². The Morgan fingerprint density at radius 1 is 1.20 bits per heavy atom. The summed E-state index contributed by atoms with van der Waals surface area (Å²) in [6.07, 6.45) is 1.47. The van der Waals surface area contributed by atoms with Gasteiger partial charge in [0.1, 0.15) is 11.6 Å². The topological polar surface area (TPSA) is 22.0 Å². The lowest BCUT2D eigenvalue weighted by Gasteiger charge is -2.08. The maximum atomic E-state index is 13.5. The van der Waals surface area contributed by atoms with Crippen molar-refractivity contribution >= 4 is 10.9 Å². The summed E-state index contributed by atoms with van der Waals surface area (Å²) in [4.78, 5) is 11.4. The first-order valence-electron chi connectivity index (χ1n) is 4.62. The highest BCUT2D eigenvalue weighted by Gasteiger charge is 2.11. The van der Waals surface area contributed by atoms with Gasteiger partial charge >= 0.3 is 0 Å². The Kier molecular flexibility index (Phi) is 2.26. The summed E-state index contributed by atoms with van der Waals surface area (Å²) in [6, 6.07) is 3.25. The van der Waals surface area contributed by atoms with Gasteiger partial charge < -0.3 is 4.57 Å². The first-order chi connectivity index (χ1) is 7.15. The molecule has 0 aliphatic heterocycles. The van der Waals surface area contributed by atoms with Crippen molar-refractivity contribution in [2.45, 2.75) is 13.5 Å². The fraction of sp³-hybridized carbons (Fsp3) is 0.182. The third-order valence-electron chi connectivity index (χ3n) is 2.36. The van der Waals surface area contributed by atoms with Crippen molar-refractivity contribution in [1.29, 1.82) is 0 Å². The van der Waals surface area contributed by atoms with Crippen LogP contribution in [-0.2, 0) is 6.54 Å². The standard InChI is InChI=1S/C11H9F2NO/c1-2-14-6-5-9(15)10-7(12)3-4-8(13)11(10)14/h3-6H,2H2,1H3. The molecule has 0 N–H and O–H groups in total. The molecule has 1 heterocycles. The molecule has 0 aliphatic carbocycles. The van der Waals surface area contributed by atoms with Gasteiger partial charge in [-0.1, -0.05) is 0 Å². The largest absolute Gasteiger partial charge is 0.345 e. The maximum absolute atomic E-state index is 13.5. The summed E-state index contributed by atoms with van der Waals surface area (Å²) in [7, 11) is 0. The number of aryl methyl sites for hydroxylation is 1. The lowest BCUT2D eigenvalue weighted by Crippen LogP contribution is -2.10. The number of hydrogen-bond donors (Lipinski definition) is 0. The SMILES string of the molecule is CCn1ccc(=O)c2c(F)ccc(F)c21. The van der Waals surface area contributed by atoms with Crippen molar-refractivity contribution in [2.24, 2.45) is 0 Å². The Morgan fingerprint density at radius 2 is 1.87 bits per heavy atom. The van der Waals surface area contributed by atoms with Gasteiger partial charge in [0.05, 0.1) is 10.9 Å². The molecule has 0 saturated carbocycles. The zero-order valence-corrected chi connectivity index (χ0v) is 8.13. The van der Waals surface area contributed by atoms with Crippen molar-refractivity contribution in [3.05, 3.63) is 46.3 Å². The van der Waals surface area contributed by atoms with Crippen LogP contribution >= 0.6 is 0 Å². The number of halogens is 2. The Bertz CT molecular complexity index is 575. The predicted octanol–water partition coefficient (Wildman–Crippen LogP) is 2.30. The molecular weight excluding hydrogens is 200 g/mol. The molecule has 0 atom stereocenters. The number of benzene rings is 1. The highest BCUT2D eigenvalue weighted by Crippen LogP contribution is 2.17. The summed E-state index contributed by atoms with van der Waals surface area (Å²) in [5.41, 5.74) is -0.461. The van der Waals surface area contributed by atoms with Crippen LogP contribution < -0.4 is 5.43 Å². The minimum atomic E-state index is -0.681. The van der Waals surface area contributed by atoms with Crippen LogP contribution in [0.25, 0.3) is 10.9 Å². The zero-order chi connectivity index (χ0) is 11.0. The van der Waals surface area contributed by atoms with E-state index in [1.807, 2.05) is 0 Å². The predicted molar refractivity (Wildman–Crippen MR) is 53.8 cm³/mol. The molecule has 15 heavy (non-hydrogen) atoms. The summed E-state index contributed by atoms with van der Waals surface area (Å²) in [5, 5.41) is -0.181. The first-order valence-corrected chi connectivity index (χ1v) is 4.62. The number of nitrogens with zero attached hydrogens (tertiary/aromatic N) is 1. The van der Waals surface area contributed by atoms with Crippen molar-refractivity contribution in [3.63, 3.8) is 0 Å². The van der Waals surface area contributed by atoms with Gasteiger partial charge in [-0.05, 0) is 19.1 Å². The third kappa shape index (κ3) is 1.42. The monoisotopic (exact) mass is 209 g/mol. The van der Waals surface area contributed by atoms with E-state index in [2.05, 4.69) is 0 Å². The molecule has 0 fully saturated rings. The Hall–Kier alpha value is -1.71.